The molecular formula is C51H64Cl2N6O11. The third kappa shape index (κ3) is 22.3. The first kappa shape index (κ1) is 57.2. The zero-order chi connectivity index (χ0) is 53.0. The summed E-state index contributed by atoms with van der Waals surface area (Å²) in [6.45, 7) is 11.2. The number of carboxylic acids is 1. The number of benzene rings is 4. The zero-order valence-corrected chi connectivity index (χ0v) is 41.8. The van der Waals surface area contributed by atoms with Gasteiger partial charge in [0.1, 0.15) is 31.8 Å². The van der Waals surface area contributed by atoms with E-state index < -0.39 is 59.5 Å². The van der Waals surface area contributed by atoms with Gasteiger partial charge in [-0.15, -0.1) is 36.0 Å². The molecule has 2 heterocycles. The number of nitrogens with one attached hydrogen (secondary N) is 1. The van der Waals surface area contributed by atoms with E-state index in [9.17, 15) is 33.9 Å². The predicted octanol–water partition coefficient (Wildman–Crippen LogP) is 9.15. The number of carboxylic acid groups (broad SMARTS) is 1. The molecule has 0 aliphatic carbocycles. The van der Waals surface area contributed by atoms with Crippen molar-refractivity contribution in [3.8, 4) is 12.8 Å². The van der Waals surface area contributed by atoms with Crippen molar-refractivity contribution in [3.05, 3.63) is 132 Å². The first-order valence-electron chi connectivity index (χ1n) is 22.4. The Morgan fingerprint density at radius 2 is 0.971 bits per heavy atom. The van der Waals surface area contributed by atoms with Gasteiger partial charge in [0, 0.05) is 37.6 Å². The Bertz CT molecular complexity index is 2290. The number of aliphatic carboxylic acids is 1. The van der Waals surface area contributed by atoms with Crippen LogP contribution in [0.15, 0.2) is 121 Å². The third-order valence-electron chi connectivity index (χ3n) is 9.37. The van der Waals surface area contributed by atoms with Crippen LogP contribution >= 0.6 is 23.2 Å². The van der Waals surface area contributed by atoms with E-state index >= 15 is 0 Å². The summed E-state index contributed by atoms with van der Waals surface area (Å²) in [5, 5.41) is 12.5. The van der Waals surface area contributed by atoms with Crippen LogP contribution in [0.2, 0.25) is 0 Å². The minimum absolute atomic E-state index is 0.00795. The summed E-state index contributed by atoms with van der Waals surface area (Å²) in [7, 11) is 0. The van der Waals surface area contributed by atoms with Crippen LogP contribution in [-0.4, -0.2) is 129 Å². The third-order valence-corrected chi connectivity index (χ3v) is 9.37. The summed E-state index contributed by atoms with van der Waals surface area (Å²) in [6.07, 6.45) is 3.32. The number of nitrogens with two attached hydrogens (primary N) is 1. The molecule has 378 valence electrons. The van der Waals surface area contributed by atoms with E-state index in [0.717, 1.165) is 21.7 Å². The smallest absolute Gasteiger partial charge is 0.410 e. The van der Waals surface area contributed by atoms with Crippen molar-refractivity contribution in [1.29, 1.82) is 0 Å². The first-order chi connectivity index (χ1) is 33.6. The minimum atomic E-state index is -1.20. The number of nitrogens with zero attached hydrogens (tertiary/aromatic N) is 4. The van der Waals surface area contributed by atoms with Gasteiger partial charge >= 0.3 is 30.3 Å². The highest BCUT2D eigenvalue weighted by Gasteiger charge is 2.40. The van der Waals surface area contributed by atoms with E-state index in [4.69, 9.17) is 49.3 Å². The average Bonchev–Trinajstić information content (AvgIpc) is 3.33. The molecule has 2 saturated heterocycles. The highest BCUT2D eigenvalue weighted by atomic mass is 35.5. The number of hydrogen-bond donors (Lipinski definition) is 3. The van der Waals surface area contributed by atoms with Crippen LogP contribution < -0.4 is 11.1 Å². The maximum atomic E-state index is 13.1. The summed E-state index contributed by atoms with van der Waals surface area (Å²) in [4.78, 5) is 79.7. The molecule has 0 spiro atoms. The SMILES string of the molecule is CC(C)(C)OC(=O)N1CCN(C(=O)OCc2ccccc2)C(C(=O)Nc2ccccc2)C1.CC(C)(C)OC(=O)N1CCN(C(=O)OCc2ccccc2)C(C(=O)O)C1.ClCCl.Nc1ccccc1.[2H]C#C. The number of halogens is 2. The molecule has 2 unspecified atom stereocenters. The highest BCUT2D eigenvalue weighted by Crippen LogP contribution is 2.20. The van der Waals surface area contributed by atoms with Crippen molar-refractivity contribution in [3.63, 3.8) is 0 Å². The molecule has 6 rings (SSSR count). The van der Waals surface area contributed by atoms with Gasteiger partial charge in [-0.2, -0.15) is 0 Å². The van der Waals surface area contributed by atoms with Crippen molar-refractivity contribution in [2.24, 2.45) is 0 Å². The Kier molecular flexibility index (Phi) is 24.8. The molecule has 0 saturated carbocycles. The fourth-order valence-corrected chi connectivity index (χ4v) is 6.23. The lowest BCUT2D eigenvalue weighted by atomic mass is 10.1. The fourth-order valence-electron chi connectivity index (χ4n) is 6.23. The van der Waals surface area contributed by atoms with Crippen molar-refractivity contribution in [1.82, 2.24) is 19.6 Å². The molecule has 2 fully saturated rings. The number of piperazine rings is 2. The number of carbonyl (C=O) groups excluding carboxylic acids is 5. The lowest BCUT2D eigenvalue weighted by Gasteiger charge is -2.40. The summed E-state index contributed by atoms with van der Waals surface area (Å²) < 4.78 is 27.1. The molecule has 0 aromatic heterocycles. The summed E-state index contributed by atoms with van der Waals surface area (Å²) >= 11 is 9.53. The molecule has 0 bridgehead atoms. The first-order valence-corrected chi connectivity index (χ1v) is 23.0. The van der Waals surface area contributed by atoms with Crippen molar-refractivity contribution in [2.45, 2.75) is 78.0 Å². The monoisotopic (exact) mass is 1010 g/mol. The van der Waals surface area contributed by atoms with Crippen LogP contribution in [-0.2, 0) is 41.8 Å². The Balaban J connectivity index is 0.000000394. The predicted molar refractivity (Wildman–Crippen MR) is 270 cm³/mol. The van der Waals surface area contributed by atoms with E-state index in [1.807, 2.05) is 97.1 Å². The van der Waals surface area contributed by atoms with Gasteiger partial charge in [-0.1, -0.05) is 97.1 Å². The number of carbonyl (C=O) groups is 6. The summed E-state index contributed by atoms with van der Waals surface area (Å²) in [6, 6.07) is 34.8. The van der Waals surface area contributed by atoms with Crippen LogP contribution in [0.5, 0.6) is 0 Å². The van der Waals surface area contributed by atoms with Gasteiger partial charge in [0.2, 0.25) is 5.91 Å². The van der Waals surface area contributed by atoms with E-state index in [2.05, 4.69) is 11.7 Å². The number of para-hydroxylation sites is 2. The lowest BCUT2D eigenvalue weighted by Crippen LogP contribution is -2.61. The Morgan fingerprint density at radius 3 is 1.31 bits per heavy atom. The van der Waals surface area contributed by atoms with Gasteiger partial charge in [-0.05, 0) is 76.9 Å². The van der Waals surface area contributed by atoms with Crippen molar-refractivity contribution in [2.75, 3.05) is 55.7 Å². The van der Waals surface area contributed by atoms with Gasteiger partial charge in [-0.25, -0.2) is 24.0 Å². The van der Waals surface area contributed by atoms with Crippen LogP contribution in [0.3, 0.4) is 0 Å². The normalized spacial score (nSPS) is 15.2. The number of ether oxygens (including phenoxy) is 4. The highest BCUT2D eigenvalue weighted by molar-refractivity contribution is 6.40. The fraction of sp³-hybridized carbons (Fsp3) is 0.373. The molecule has 4 aromatic carbocycles. The van der Waals surface area contributed by atoms with E-state index in [-0.39, 0.29) is 57.8 Å². The number of alkyl halides is 2. The summed E-state index contributed by atoms with van der Waals surface area (Å²) in [5.41, 5.74) is 7.09. The molecule has 4 N–H and O–H groups in total. The molecule has 70 heavy (non-hydrogen) atoms. The molecule has 2 aliphatic rings. The minimum Gasteiger partial charge on any atom is -0.480 e. The molecule has 2 atom stereocenters. The van der Waals surface area contributed by atoms with Crippen LogP contribution in [0.4, 0.5) is 30.6 Å². The van der Waals surface area contributed by atoms with Gasteiger partial charge in [0.25, 0.3) is 0 Å². The Morgan fingerprint density at radius 1 is 0.629 bits per heavy atom. The van der Waals surface area contributed by atoms with E-state index in [1.54, 1.807) is 65.8 Å². The van der Waals surface area contributed by atoms with E-state index in [0.29, 0.717) is 5.69 Å². The van der Waals surface area contributed by atoms with Crippen LogP contribution in [0.1, 0.15) is 54.0 Å². The quantitative estimate of drug-likeness (QED) is 0.0685. The molecular weight excluding hydrogens is 943 g/mol. The largest absolute Gasteiger partial charge is 0.480 e. The standard InChI is InChI=1S/C24H29N3O5.C18H24N2O6.C6H7N.C2H2.CH2Cl2/c1-24(2,3)32-22(29)26-14-15-27(23(30)31-17-18-10-6-4-7-11-18)20(16-26)21(28)25-19-12-8-5-9-13-19;1-18(2,3)26-16(23)19-9-10-20(14(11-19)15(21)22)17(24)25-12-13-7-5-4-6-8-13;7-6-4-2-1-3-5-6;1-2;2-1-3/h4-13,20H,14-17H2,1-3H3,(H,25,28);4-8,14H,9-12H2,1-3H3,(H,21,22);1-5H,7H2;1-2H;1H2/i;;;1D;. The Labute approximate surface area is 422 Å². The number of terminal acetylenes is 1. The number of hydrogen-bond acceptors (Lipinski definition) is 11. The van der Waals surface area contributed by atoms with Crippen molar-refractivity contribution >= 4 is 70.8 Å². The number of rotatable bonds is 7. The Hall–Kier alpha value is -7.16. The molecule has 19 heteroatoms. The van der Waals surface area contributed by atoms with Gasteiger partial charge in [-0.3, -0.25) is 14.6 Å². The second kappa shape index (κ2) is 30.4. The topological polar surface area (TPSA) is 211 Å². The van der Waals surface area contributed by atoms with E-state index in [1.165, 1.54) is 21.1 Å². The lowest BCUT2D eigenvalue weighted by molar-refractivity contribution is -0.144. The second-order valence-corrected chi connectivity index (χ2v) is 17.9. The maximum Gasteiger partial charge on any atom is 0.410 e. The van der Waals surface area contributed by atoms with Crippen LogP contribution in [0, 0.1) is 12.8 Å². The van der Waals surface area contributed by atoms with Crippen molar-refractivity contribution < 1.29 is 54.2 Å². The number of amides is 5. The van der Waals surface area contributed by atoms with Gasteiger partial charge in [0.05, 0.1) is 18.4 Å². The number of anilines is 2. The summed E-state index contributed by atoms with van der Waals surface area (Å²) in [5.74, 6) is -1.60. The zero-order valence-electron chi connectivity index (χ0n) is 41.3. The molecule has 5 amide bonds. The molecule has 4 aromatic rings. The van der Waals surface area contributed by atoms with Gasteiger partial charge in [0.15, 0.2) is 6.04 Å². The maximum absolute atomic E-state index is 13.1. The van der Waals surface area contributed by atoms with Crippen LogP contribution in [0.25, 0.3) is 0 Å². The average molecular weight is 1010 g/mol. The molecule has 0 radical (unpaired) electrons. The molecule has 17 nitrogen and oxygen atoms in total. The number of nitrogen functional groups attached to an aromatic ring is 1. The molecule has 2 aliphatic heterocycles. The second-order valence-electron chi connectivity index (χ2n) is 17.1. The van der Waals surface area contributed by atoms with Gasteiger partial charge < -0.3 is 44.9 Å².